The van der Waals surface area contributed by atoms with Crippen molar-refractivity contribution in [3.05, 3.63) is 34.8 Å². The van der Waals surface area contributed by atoms with Crippen molar-refractivity contribution in [2.75, 3.05) is 31.1 Å². The summed E-state index contributed by atoms with van der Waals surface area (Å²) in [6.07, 6.45) is 2.60. The number of anilines is 1. The Kier molecular flexibility index (Phi) is 5.21. The highest BCUT2D eigenvalue weighted by molar-refractivity contribution is 7.15. The number of nitrogens with zero attached hydrogens (tertiary/aromatic N) is 2. The zero-order valence-corrected chi connectivity index (χ0v) is 14.6. The molecule has 4 nitrogen and oxygen atoms in total. The fourth-order valence-corrected chi connectivity index (χ4v) is 4.40. The molecule has 2 aliphatic rings. The van der Waals surface area contributed by atoms with E-state index in [2.05, 4.69) is 34.5 Å². The second-order valence-corrected chi connectivity index (χ2v) is 7.05. The second kappa shape index (κ2) is 7.18. The Balaban J connectivity index is 0.00000156. The highest BCUT2D eigenvalue weighted by Gasteiger charge is 2.23. The van der Waals surface area contributed by atoms with Crippen molar-refractivity contribution >= 4 is 29.4 Å². The summed E-state index contributed by atoms with van der Waals surface area (Å²) in [4.78, 5) is 8.24. The van der Waals surface area contributed by atoms with E-state index in [1.165, 1.54) is 5.69 Å². The zero-order chi connectivity index (χ0) is 14.9. The first kappa shape index (κ1) is 16.7. The largest absolute Gasteiger partial charge is 0.388 e. The second-order valence-electron chi connectivity index (χ2n) is 6.02. The molecule has 0 saturated carbocycles. The number of aliphatic hydroxyl groups excluding tert-OH is 1. The average molecular weight is 352 g/mol. The van der Waals surface area contributed by atoms with Crippen molar-refractivity contribution in [1.29, 1.82) is 0 Å². The SMILES string of the molecule is Cl.OC1CCCc2nc(-c3ccc(N4CCNCC4)cc3)sc21. The Morgan fingerprint density at radius 2 is 1.91 bits per heavy atom. The molecule has 1 fully saturated rings. The zero-order valence-electron chi connectivity index (χ0n) is 13.0. The molecule has 23 heavy (non-hydrogen) atoms. The van der Waals surface area contributed by atoms with Gasteiger partial charge in [0, 0.05) is 37.4 Å². The number of aryl methyl sites for hydroxylation is 1. The molecule has 4 rings (SSSR count). The van der Waals surface area contributed by atoms with Gasteiger partial charge in [-0.15, -0.1) is 23.7 Å². The molecular weight excluding hydrogens is 330 g/mol. The Labute approximate surface area is 147 Å². The molecule has 1 saturated heterocycles. The van der Waals surface area contributed by atoms with Crippen molar-refractivity contribution in [2.45, 2.75) is 25.4 Å². The average Bonchev–Trinajstić information content (AvgIpc) is 3.02. The Bertz CT molecular complexity index is 652. The molecule has 1 aromatic carbocycles. The molecule has 1 aliphatic carbocycles. The van der Waals surface area contributed by atoms with E-state index in [1.54, 1.807) is 11.3 Å². The van der Waals surface area contributed by atoms with Crippen molar-refractivity contribution in [3.63, 3.8) is 0 Å². The number of rotatable bonds is 2. The van der Waals surface area contributed by atoms with E-state index < -0.39 is 0 Å². The lowest BCUT2D eigenvalue weighted by Crippen LogP contribution is -2.43. The molecular formula is C17H22ClN3OS. The Morgan fingerprint density at radius 3 is 2.61 bits per heavy atom. The summed E-state index contributed by atoms with van der Waals surface area (Å²) in [5.74, 6) is 0. The number of fused-ring (bicyclic) bond motifs is 1. The fourth-order valence-electron chi connectivity index (χ4n) is 3.26. The minimum absolute atomic E-state index is 0. The van der Waals surface area contributed by atoms with Gasteiger partial charge in [0.05, 0.1) is 16.7 Å². The van der Waals surface area contributed by atoms with E-state index in [1.807, 2.05) is 0 Å². The topological polar surface area (TPSA) is 48.4 Å². The minimum atomic E-state index is -0.310. The van der Waals surface area contributed by atoms with Gasteiger partial charge in [0.2, 0.25) is 0 Å². The Morgan fingerprint density at radius 1 is 1.17 bits per heavy atom. The number of aliphatic hydroxyl groups is 1. The van der Waals surface area contributed by atoms with E-state index in [0.717, 1.165) is 66.6 Å². The van der Waals surface area contributed by atoms with Gasteiger partial charge in [-0.1, -0.05) is 0 Å². The van der Waals surface area contributed by atoms with Crippen LogP contribution in [0.4, 0.5) is 5.69 Å². The molecule has 0 radical (unpaired) electrons. The van der Waals surface area contributed by atoms with Gasteiger partial charge in [-0.25, -0.2) is 4.98 Å². The van der Waals surface area contributed by atoms with Gasteiger partial charge >= 0.3 is 0 Å². The third kappa shape index (κ3) is 3.38. The molecule has 1 atom stereocenters. The maximum Gasteiger partial charge on any atom is 0.123 e. The van der Waals surface area contributed by atoms with E-state index in [-0.39, 0.29) is 18.5 Å². The predicted octanol–water partition coefficient (Wildman–Crippen LogP) is 3.01. The van der Waals surface area contributed by atoms with Gasteiger partial charge in [0.15, 0.2) is 0 Å². The number of hydrogen-bond donors (Lipinski definition) is 2. The smallest absolute Gasteiger partial charge is 0.123 e. The first-order valence-corrected chi connectivity index (χ1v) is 8.87. The standard InChI is InChI=1S/C17H21N3OS.ClH/c21-15-3-1-2-14-16(15)22-17(19-14)12-4-6-13(7-5-12)20-10-8-18-9-11-20;/h4-7,15,18,21H,1-3,8-11H2;1H. The summed E-state index contributed by atoms with van der Waals surface area (Å²) in [6.45, 7) is 4.24. The van der Waals surface area contributed by atoms with Crippen LogP contribution < -0.4 is 10.2 Å². The van der Waals surface area contributed by atoms with Crippen LogP contribution in [-0.2, 0) is 6.42 Å². The van der Waals surface area contributed by atoms with Crippen molar-refractivity contribution < 1.29 is 5.11 Å². The fraction of sp³-hybridized carbons (Fsp3) is 0.471. The van der Waals surface area contributed by atoms with Crippen LogP contribution >= 0.6 is 23.7 Å². The molecule has 0 spiro atoms. The monoisotopic (exact) mass is 351 g/mol. The third-order valence-corrected chi connectivity index (χ3v) is 5.77. The van der Waals surface area contributed by atoms with E-state index in [0.29, 0.717) is 0 Å². The van der Waals surface area contributed by atoms with Crippen LogP contribution in [0.3, 0.4) is 0 Å². The van der Waals surface area contributed by atoms with Crippen LogP contribution in [0.2, 0.25) is 0 Å². The van der Waals surface area contributed by atoms with Gasteiger partial charge in [-0.05, 0) is 43.5 Å². The van der Waals surface area contributed by atoms with E-state index >= 15 is 0 Å². The molecule has 2 heterocycles. The maximum atomic E-state index is 10.1. The van der Waals surface area contributed by atoms with Crippen LogP contribution in [-0.4, -0.2) is 36.3 Å². The number of hydrogen-bond acceptors (Lipinski definition) is 5. The maximum absolute atomic E-state index is 10.1. The van der Waals surface area contributed by atoms with Crippen LogP contribution in [0.15, 0.2) is 24.3 Å². The Hall–Kier alpha value is -1.14. The summed E-state index contributed by atoms with van der Waals surface area (Å²) >= 11 is 1.65. The van der Waals surface area contributed by atoms with E-state index in [9.17, 15) is 5.11 Å². The first-order valence-electron chi connectivity index (χ1n) is 8.05. The van der Waals surface area contributed by atoms with Gasteiger partial charge in [-0.3, -0.25) is 0 Å². The number of benzene rings is 1. The molecule has 0 amide bonds. The number of thiazole rings is 1. The molecule has 1 aromatic heterocycles. The van der Waals surface area contributed by atoms with E-state index in [4.69, 9.17) is 4.98 Å². The molecule has 2 aromatic rings. The molecule has 6 heteroatoms. The van der Waals surface area contributed by atoms with Gasteiger partial charge < -0.3 is 15.3 Å². The van der Waals surface area contributed by atoms with Gasteiger partial charge in [0.1, 0.15) is 5.01 Å². The van der Waals surface area contributed by atoms with Gasteiger partial charge in [-0.2, -0.15) is 0 Å². The van der Waals surface area contributed by atoms with Crippen molar-refractivity contribution in [2.24, 2.45) is 0 Å². The van der Waals surface area contributed by atoms with Crippen LogP contribution in [0.1, 0.15) is 29.5 Å². The molecule has 1 aliphatic heterocycles. The molecule has 1 unspecified atom stereocenters. The summed E-state index contributed by atoms with van der Waals surface area (Å²) in [7, 11) is 0. The van der Waals surface area contributed by atoms with Crippen LogP contribution in [0, 0.1) is 0 Å². The van der Waals surface area contributed by atoms with Crippen LogP contribution in [0.25, 0.3) is 10.6 Å². The van der Waals surface area contributed by atoms with Crippen LogP contribution in [0.5, 0.6) is 0 Å². The summed E-state index contributed by atoms with van der Waals surface area (Å²) < 4.78 is 0. The summed E-state index contributed by atoms with van der Waals surface area (Å²) in [6, 6.07) is 8.71. The normalized spacial score (nSPS) is 20.7. The summed E-state index contributed by atoms with van der Waals surface area (Å²) in [5, 5.41) is 14.5. The minimum Gasteiger partial charge on any atom is -0.388 e. The molecule has 124 valence electrons. The highest BCUT2D eigenvalue weighted by atomic mass is 35.5. The highest BCUT2D eigenvalue weighted by Crippen LogP contribution is 2.38. The lowest BCUT2D eigenvalue weighted by atomic mass is 10.0. The number of aromatic nitrogens is 1. The lowest BCUT2D eigenvalue weighted by Gasteiger charge is -2.29. The van der Waals surface area contributed by atoms with Gasteiger partial charge in [0.25, 0.3) is 0 Å². The number of nitrogens with one attached hydrogen (secondary N) is 1. The van der Waals surface area contributed by atoms with Crippen molar-refractivity contribution in [3.8, 4) is 10.6 Å². The number of halogens is 1. The predicted molar refractivity (Wildman–Crippen MR) is 97.8 cm³/mol. The first-order chi connectivity index (χ1) is 10.8. The molecule has 2 N–H and O–H groups in total. The number of piperazine rings is 1. The third-order valence-electron chi connectivity index (χ3n) is 4.52. The quantitative estimate of drug-likeness (QED) is 0.873. The lowest BCUT2D eigenvalue weighted by molar-refractivity contribution is 0.160. The van der Waals surface area contributed by atoms with Crippen molar-refractivity contribution in [1.82, 2.24) is 10.3 Å². The molecule has 0 bridgehead atoms. The summed E-state index contributed by atoms with van der Waals surface area (Å²) in [5.41, 5.74) is 3.54.